The lowest BCUT2D eigenvalue weighted by atomic mass is 10.0. The molecule has 1 atom stereocenters. The van der Waals surface area contributed by atoms with Crippen molar-refractivity contribution in [3.63, 3.8) is 0 Å². The molecule has 21 heavy (non-hydrogen) atoms. The van der Waals surface area contributed by atoms with Crippen LogP contribution in [0.4, 0.5) is 5.13 Å². The number of nitrogens with zero attached hydrogens (tertiary/aromatic N) is 2. The van der Waals surface area contributed by atoms with Crippen LogP contribution in [-0.2, 0) is 6.54 Å². The molecule has 1 aromatic heterocycles. The molecule has 2 rings (SSSR count). The summed E-state index contributed by atoms with van der Waals surface area (Å²) in [6.45, 7) is 14.5. The van der Waals surface area contributed by atoms with Crippen molar-refractivity contribution in [2.75, 3.05) is 18.0 Å². The third kappa shape index (κ3) is 4.43. The largest absolute Gasteiger partial charge is 0.345 e. The first-order valence-corrected chi connectivity index (χ1v) is 9.35. The molecule has 1 aliphatic rings. The minimum Gasteiger partial charge on any atom is -0.345 e. The summed E-state index contributed by atoms with van der Waals surface area (Å²) >= 11 is 1.91. The maximum absolute atomic E-state index is 5.05. The number of thiazole rings is 1. The number of hydrogen-bond acceptors (Lipinski definition) is 4. The summed E-state index contributed by atoms with van der Waals surface area (Å²) < 4.78 is 0. The van der Waals surface area contributed by atoms with Crippen LogP contribution in [-0.4, -0.2) is 24.1 Å². The summed E-state index contributed by atoms with van der Waals surface area (Å²) in [4.78, 5) is 9.06. The van der Waals surface area contributed by atoms with E-state index in [0.29, 0.717) is 11.8 Å². The molecule has 1 fully saturated rings. The predicted octanol–water partition coefficient (Wildman–Crippen LogP) is 4.39. The predicted molar refractivity (Wildman–Crippen MR) is 93.4 cm³/mol. The quantitative estimate of drug-likeness (QED) is 0.733. The monoisotopic (exact) mass is 309 g/mol. The summed E-state index contributed by atoms with van der Waals surface area (Å²) in [6, 6.07) is 0.746. The van der Waals surface area contributed by atoms with Gasteiger partial charge in [-0.2, -0.15) is 0 Å². The van der Waals surface area contributed by atoms with Crippen molar-refractivity contribution in [3.8, 4) is 0 Å². The van der Waals surface area contributed by atoms with Gasteiger partial charge in [0.25, 0.3) is 0 Å². The Hall–Kier alpha value is -0.610. The van der Waals surface area contributed by atoms with Gasteiger partial charge in [0.05, 0.1) is 5.69 Å². The SMILES string of the molecule is CCNCc1sc(N(CC(C)C)C2CC2)nc1C(C)CC. The van der Waals surface area contributed by atoms with Crippen LogP contribution in [0.15, 0.2) is 0 Å². The molecular weight excluding hydrogens is 278 g/mol. The Kier molecular flexibility index (Phi) is 6.06. The molecule has 0 amide bonds. The second-order valence-corrected chi connectivity index (χ2v) is 7.73. The molecule has 0 saturated heterocycles. The van der Waals surface area contributed by atoms with Gasteiger partial charge in [-0.15, -0.1) is 11.3 Å². The number of aromatic nitrogens is 1. The Morgan fingerprint density at radius 1 is 1.29 bits per heavy atom. The summed E-state index contributed by atoms with van der Waals surface area (Å²) in [5, 5.41) is 4.73. The van der Waals surface area contributed by atoms with Crippen LogP contribution in [0.25, 0.3) is 0 Å². The van der Waals surface area contributed by atoms with E-state index < -0.39 is 0 Å². The number of hydrogen-bond donors (Lipinski definition) is 1. The van der Waals surface area contributed by atoms with Crippen molar-refractivity contribution in [2.45, 2.75) is 72.4 Å². The topological polar surface area (TPSA) is 28.2 Å². The zero-order valence-corrected chi connectivity index (χ0v) is 15.1. The Morgan fingerprint density at radius 2 is 2.00 bits per heavy atom. The average Bonchev–Trinajstić information content (AvgIpc) is 3.21. The fourth-order valence-electron chi connectivity index (χ4n) is 2.58. The van der Waals surface area contributed by atoms with E-state index in [4.69, 9.17) is 4.98 Å². The van der Waals surface area contributed by atoms with Crippen molar-refractivity contribution in [1.29, 1.82) is 0 Å². The van der Waals surface area contributed by atoms with Crippen LogP contribution in [0.2, 0.25) is 0 Å². The second kappa shape index (κ2) is 7.59. The Bertz CT molecular complexity index is 437. The van der Waals surface area contributed by atoms with Crippen LogP contribution >= 0.6 is 11.3 Å². The highest BCUT2D eigenvalue weighted by atomic mass is 32.1. The van der Waals surface area contributed by atoms with Crippen LogP contribution in [0.3, 0.4) is 0 Å². The van der Waals surface area contributed by atoms with Crippen molar-refractivity contribution >= 4 is 16.5 Å². The van der Waals surface area contributed by atoms with E-state index in [1.54, 1.807) is 0 Å². The fourth-order valence-corrected chi connectivity index (χ4v) is 3.81. The summed E-state index contributed by atoms with van der Waals surface area (Å²) in [7, 11) is 0. The van der Waals surface area contributed by atoms with Gasteiger partial charge in [0.1, 0.15) is 0 Å². The van der Waals surface area contributed by atoms with Crippen LogP contribution < -0.4 is 10.2 Å². The van der Waals surface area contributed by atoms with Crippen LogP contribution in [0.5, 0.6) is 0 Å². The highest BCUT2D eigenvalue weighted by Gasteiger charge is 2.32. The lowest BCUT2D eigenvalue weighted by molar-refractivity contribution is 0.604. The molecule has 0 aromatic carbocycles. The summed E-state index contributed by atoms with van der Waals surface area (Å²) in [6.07, 6.45) is 3.84. The normalized spacial score (nSPS) is 16.5. The standard InChI is InChI=1S/C17H31N3S/c1-6-13(5)16-15(10-18-7-2)21-17(19-16)20(11-12(3)4)14-8-9-14/h12-14,18H,6-11H2,1-5H3. The molecule has 0 radical (unpaired) electrons. The molecule has 0 bridgehead atoms. The molecule has 3 nitrogen and oxygen atoms in total. The lowest BCUT2D eigenvalue weighted by Crippen LogP contribution is -2.29. The second-order valence-electron chi connectivity index (χ2n) is 6.67. The van der Waals surface area contributed by atoms with E-state index in [1.807, 2.05) is 11.3 Å². The zero-order chi connectivity index (χ0) is 15.4. The Labute approximate surface area is 134 Å². The number of rotatable bonds is 9. The van der Waals surface area contributed by atoms with E-state index in [9.17, 15) is 0 Å². The van der Waals surface area contributed by atoms with Crippen molar-refractivity contribution in [2.24, 2.45) is 5.92 Å². The van der Waals surface area contributed by atoms with Gasteiger partial charge in [-0.05, 0) is 37.6 Å². The number of anilines is 1. The Morgan fingerprint density at radius 3 is 2.52 bits per heavy atom. The first-order valence-electron chi connectivity index (χ1n) is 8.53. The molecule has 4 heteroatoms. The summed E-state index contributed by atoms with van der Waals surface area (Å²) in [5.74, 6) is 1.25. The zero-order valence-electron chi connectivity index (χ0n) is 14.3. The molecule has 1 saturated carbocycles. The molecule has 0 spiro atoms. The summed E-state index contributed by atoms with van der Waals surface area (Å²) in [5.41, 5.74) is 1.33. The average molecular weight is 310 g/mol. The number of nitrogens with one attached hydrogen (secondary N) is 1. The molecular formula is C17H31N3S. The minimum atomic E-state index is 0.559. The Balaban J connectivity index is 2.23. The smallest absolute Gasteiger partial charge is 0.186 e. The highest BCUT2D eigenvalue weighted by Crippen LogP contribution is 2.38. The molecule has 1 N–H and O–H groups in total. The first-order chi connectivity index (χ1) is 10.1. The molecule has 1 unspecified atom stereocenters. The molecule has 120 valence electrons. The third-order valence-corrected chi connectivity index (χ3v) is 5.23. The van der Waals surface area contributed by atoms with Crippen molar-refractivity contribution in [3.05, 3.63) is 10.6 Å². The van der Waals surface area contributed by atoms with Gasteiger partial charge in [-0.1, -0.05) is 34.6 Å². The fraction of sp³-hybridized carbons (Fsp3) is 0.824. The van der Waals surface area contributed by atoms with E-state index in [-0.39, 0.29) is 0 Å². The van der Waals surface area contributed by atoms with Gasteiger partial charge in [-0.3, -0.25) is 0 Å². The lowest BCUT2D eigenvalue weighted by Gasteiger charge is -2.23. The van der Waals surface area contributed by atoms with Gasteiger partial charge in [0, 0.05) is 24.0 Å². The maximum Gasteiger partial charge on any atom is 0.186 e. The van der Waals surface area contributed by atoms with E-state index in [0.717, 1.165) is 32.1 Å². The third-order valence-electron chi connectivity index (χ3n) is 4.13. The van der Waals surface area contributed by atoms with Gasteiger partial charge in [-0.25, -0.2) is 4.98 Å². The van der Waals surface area contributed by atoms with Crippen LogP contribution in [0, 0.1) is 5.92 Å². The van der Waals surface area contributed by atoms with Crippen LogP contribution in [0.1, 0.15) is 70.4 Å². The van der Waals surface area contributed by atoms with Gasteiger partial charge >= 0.3 is 0 Å². The molecule has 1 aromatic rings. The molecule has 1 aliphatic carbocycles. The van der Waals surface area contributed by atoms with E-state index in [1.165, 1.54) is 28.5 Å². The van der Waals surface area contributed by atoms with E-state index >= 15 is 0 Å². The van der Waals surface area contributed by atoms with Crippen molar-refractivity contribution < 1.29 is 0 Å². The highest BCUT2D eigenvalue weighted by molar-refractivity contribution is 7.15. The minimum absolute atomic E-state index is 0.559. The first kappa shape index (κ1) is 16.8. The van der Waals surface area contributed by atoms with Gasteiger partial charge < -0.3 is 10.2 Å². The van der Waals surface area contributed by atoms with E-state index in [2.05, 4.69) is 44.8 Å². The van der Waals surface area contributed by atoms with Gasteiger partial charge in [0.2, 0.25) is 0 Å². The molecule has 1 heterocycles. The van der Waals surface area contributed by atoms with Crippen molar-refractivity contribution in [1.82, 2.24) is 10.3 Å². The molecule has 0 aliphatic heterocycles. The maximum atomic E-state index is 5.05. The van der Waals surface area contributed by atoms with Gasteiger partial charge in [0.15, 0.2) is 5.13 Å².